The zero-order valence-corrected chi connectivity index (χ0v) is 24.8. The molecule has 1 N–H and O–H groups in total. The second-order valence-electron chi connectivity index (χ2n) is 9.05. The summed E-state index contributed by atoms with van der Waals surface area (Å²) in [4.78, 5) is 28.1. The molecule has 3 aromatic rings. The SMILES string of the molecule is CCNC(=O)[C@@H](C)N(Cc1ccccc1Cl)C(=O)CN(c1ccc(OC)c(OC)c1)S(=O)(=O)c1ccc(C)cc1. The van der Waals surface area contributed by atoms with Gasteiger partial charge in [-0.3, -0.25) is 13.9 Å². The summed E-state index contributed by atoms with van der Waals surface area (Å²) in [5.41, 5.74) is 1.69. The van der Waals surface area contributed by atoms with Crippen molar-refractivity contribution in [3.63, 3.8) is 0 Å². The normalized spacial score (nSPS) is 11.8. The average molecular weight is 588 g/mol. The van der Waals surface area contributed by atoms with Crippen LogP contribution in [0.15, 0.2) is 71.6 Å². The van der Waals surface area contributed by atoms with Gasteiger partial charge >= 0.3 is 0 Å². The fourth-order valence-corrected chi connectivity index (χ4v) is 5.66. The Bertz CT molecular complexity index is 1450. The van der Waals surface area contributed by atoms with Crippen molar-refractivity contribution in [1.29, 1.82) is 0 Å². The highest BCUT2D eigenvalue weighted by Crippen LogP contribution is 2.34. The van der Waals surface area contributed by atoms with E-state index in [-0.39, 0.29) is 23.0 Å². The maximum atomic E-state index is 14.0. The minimum absolute atomic E-state index is 0.00115. The zero-order chi connectivity index (χ0) is 29.4. The summed E-state index contributed by atoms with van der Waals surface area (Å²) in [6.45, 7) is 5.01. The number of anilines is 1. The van der Waals surface area contributed by atoms with Crippen molar-refractivity contribution in [2.24, 2.45) is 0 Å². The van der Waals surface area contributed by atoms with Crippen molar-refractivity contribution in [2.75, 3.05) is 31.6 Å². The second-order valence-corrected chi connectivity index (χ2v) is 11.3. The van der Waals surface area contributed by atoms with Crippen LogP contribution >= 0.6 is 11.6 Å². The van der Waals surface area contributed by atoms with Crippen molar-refractivity contribution in [2.45, 2.75) is 38.3 Å². The lowest BCUT2D eigenvalue weighted by Crippen LogP contribution is -2.51. The molecule has 0 unspecified atom stereocenters. The Morgan fingerprint density at radius 1 is 0.975 bits per heavy atom. The molecule has 3 rings (SSSR count). The van der Waals surface area contributed by atoms with Crippen LogP contribution in [0.5, 0.6) is 11.5 Å². The van der Waals surface area contributed by atoms with E-state index < -0.39 is 28.5 Å². The summed E-state index contributed by atoms with van der Waals surface area (Å²) < 4.78 is 39.6. The Morgan fingerprint density at radius 2 is 1.62 bits per heavy atom. The summed E-state index contributed by atoms with van der Waals surface area (Å²) in [5.74, 6) is -0.276. The van der Waals surface area contributed by atoms with Crippen LogP contribution in [0.1, 0.15) is 25.0 Å². The molecule has 9 nitrogen and oxygen atoms in total. The molecule has 0 aliphatic rings. The molecule has 0 bridgehead atoms. The molecule has 0 aliphatic carbocycles. The summed E-state index contributed by atoms with van der Waals surface area (Å²) in [6.07, 6.45) is 0. The monoisotopic (exact) mass is 587 g/mol. The number of rotatable bonds is 12. The van der Waals surface area contributed by atoms with E-state index in [4.69, 9.17) is 21.1 Å². The lowest BCUT2D eigenvalue weighted by molar-refractivity contribution is -0.139. The van der Waals surface area contributed by atoms with Crippen LogP contribution < -0.4 is 19.1 Å². The molecule has 40 heavy (non-hydrogen) atoms. The molecular weight excluding hydrogens is 554 g/mol. The average Bonchev–Trinajstić information content (AvgIpc) is 2.94. The summed E-state index contributed by atoms with van der Waals surface area (Å²) in [6, 6.07) is 17.0. The van der Waals surface area contributed by atoms with E-state index >= 15 is 0 Å². The van der Waals surface area contributed by atoms with Crippen molar-refractivity contribution in [3.05, 3.63) is 82.9 Å². The number of nitrogens with zero attached hydrogens (tertiary/aromatic N) is 2. The van der Waals surface area contributed by atoms with Crippen molar-refractivity contribution in [1.82, 2.24) is 10.2 Å². The predicted octanol–water partition coefficient (Wildman–Crippen LogP) is 4.41. The molecule has 0 saturated carbocycles. The molecule has 0 aromatic heterocycles. The van der Waals surface area contributed by atoms with Crippen LogP contribution in [-0.2, 0) is 26.2 Å². The summed E-state index contributed by atoms with van der Waals surface area (Å²) >= 11 is 6.38. The summed E-state index contributed by atoms with van der Waals surface area (Å²) in [5, 5.41) is 3.15. The highest BCUT2D eigenvalue weighted by atomic mass is 35.5. The number of likely N-dealkylation sites (N-methyl/N-ethyl adjacent to an activating group) is 1. The number of sulfonamides is 1. The Kier molecular flexibility index (Phi) is 10.4. The van der Waals surface area contributed by atoms with Gasteiger partial charge in [-0.2, -0.15) is 0 Å². The molecular formula is C29H34ClN3O6S. The van der Waals surface area contributed by atoms with Gasteiger partial charge in [0.25, 0.3) is 10.0 Å². The van der Waals surface area contributed by atoms with Gasteiger partial charge in [-0.1, -0.05) is 47.5 Å². The van der Waals surface area contributed by atoms with Crippen molar-refractivity contribution < 1.29 is 27.5 Å². The molecule has 3 aromatic carbocycles. The van der Waals surface area contributed by atoms with Gasteiger partial charge in [0.2, 0.25) is 11.8 Å². The number of halogens is 1. The first-order chi connectivity index (χ1) is 19.0. The third kappa shape index (κ3) is 7.05. The Hall–Kier alpha value is -3.76. The van der Waals surface area contributed by atoms with E-state index in [1.165, 1.54) is 43.4 Å². The lowest BCUT2D eigenvalue weighted by atomic mass is 10.1. The van der Waals surface area contributed by atoms with E-state index in [9.17, 15) is 18.0 Å². The van der Waals surface area contributed by atoms with E-state index in [0.717, 1.165) is 9.87 Å². The fourth-order valence-electron chi connectivity index (χ4n) is 4.06. The largest absolute Gasteiger partial charge is 0.493 e. The summed E-state index contributed by atoms with van der Waals surface area (Å²) in [7, 11) is -1.31. The molecule has 2 amide bonds. The van der Waals surface area contributed by atoms with Gasteiger partial charge in [0.15, 0.2) is 11.5 Å². The van der Waals surface area contributed by atoms with Gasteiger partial charge < -0.3 is 19.7 Å². The molecule has 214 valence electrons. The van der Waals surface area contributed by atoms with E-state index in [1.54, 1.807) is 56.3 Å². The van der Waals surface area contributed by atoms with Crippen LogP contribution in [0.2, 0.25) is 5.02 Å². The Balaban J connectivity index is 2.10. The molecule has 0 radical (unpaired) electrons. The van der Waals surface area contributed by atoms with Gasteiger partial charge in [0, 0.05) is 24.2 Å². The number of aryl methyl sites for hydroxylation is 1. The van der Waals surface area contributed by atoms with E-state index in [1.807, 2.05) is 6.92 Å². The standard InChI is InChI=1S/C29H34ClN3O6S/c1-6-31-29(35)21(3)32(18-22-9-7-8-10-25(22)30)28(34)19-33(23-13-16-26(38-4)27(17-23)39-5)40(36,37)24-14-11-20(2)12-15-24/h7-17,21H,6,18-19H2,1-5H3,(H,31,35)/t21-/m1/s1. The molecule has 0 fully saturated rings. The molecule has 0 heterocycles. The quantitative estimate of drug-likeness (QED) is 0.336. The number of methoxy groups -OCH3 is 2. The van der Waals surface area contributed by atoms with Gasteiger partial charge in [-0.15, -0.1) is 0 Å². The van der Waals surface area contributed by atoms with E-state index in [0.29, 0.717) is 28.6 Å². The third-order valence-corrected chi connectivity index (χ3v) is 8.52. The van der Waals surface area contributed by atoms with Crippen molar-refractivity contribution in [3.8, 4) is 11.5 Å². The Morgan fingerprint density at radius 3 is 2.23 bits per heavy atom. The minimum Gasteiger partial charge on any atom is -0.493 e. The number of carbonyl (C=O) groups excluding carboxylic acids is 2. The maximum Gasteiger partial charge on any atom is 0.264 e. The van der Waals surface area contributed by atoms with Gasteiger partial charge in [-0.25, -0.2) is 8.42 Å². The van der Waals surface area contributed by atoms with Crippen LogP contribution in [0.3, 0.4) is 0 Å². The topological polar surface area (TPSA) is 105 Å². The minimum atomic E-state index is -4.22. The second kappa shape index (κ2) is 13.5. The number of nitrogens with one attached hydrogen (secondary N) is 1. The Labute approximate surface area is 240 Å². The number of hydrogen-bond acceptors (Lipinski definition) is 6. The number of carbonyl (C=O) groups is 2. The highest BCUT2D eigenvalue weighted by Gasteiger charge is 2.33. The number of benzene rings is 3. The van der Waals surface area contributed by atoms with Crippen LogP contribution in [0.4, 0.5) is 5.69 Å². The number of ether oxygens (including phenoxy) is 2. The molecule has 11 heteroatoms. The van der Waals surface area contributed by atoms with Crippen LogP contribution in [0.25, 0.3) is 0 Å². The molecule has 0 saturated heterocycles. The molecule has 0 spiro atoms. The van der Waals surface area contributed by atoms with Gasteiger partial charge in [0.1, 0.15) is 12.6 Å². The number of amides is 2. The predicted molar refractivity (Wildman–Crippen MR) is 155 cm³/mol. The van der Waals surface area contributed by atoms with Crippen LogP contribution in [-0.4, -0.2) is 58.5 Å². The fraction of sp³-hybridized carbons (Fsp3) is 0.310. The number of hydrogen-bond donors (Lipinski definition) is 1. The van der Waals surface area contributed by atoms with Gasteiger partial charge in [0.05, 0.1) is 24.8 Å². The molecule has 1 atom stereocenters. The lowest BCUT2D eigenvalue weighted by Gasteiger charge is -2.32. The first-order valence-corrected chi connectivity index (χ1v) is 14.5. The van der Waals surface area contributed by atoms with E-state index in [2.05, 4.69) is 5.32 Å². The highest BCUT2D eigenvalue weighted by molar-refractivity contribution is 7.92. The first-order valence-electron chi connectivity index (χ1n) is 12.7. The zero-order valence-electron chi connectivity index (χ0n) is 23.2. The molecule has 0 aliphatic heterocycles. The van der Waals surface area contributed by atoms with Crippen molar-refractivity contribution >= 4 is 39.1 Å². The smallest absolute Gasteiger partial charge is 0.264 e. The third-order valence-electron chi connectivity index (χ3n) is 6.36. The van der Waals surface area contributed by atoms with Gasteiger partial charge in [-0.05, 0) is 56.7 Å². The first kappa shape index (κ1) is 30.8. The maximum absolute atomic E-state index is 14.0. The van der Waals surface area contributed by atoms with Crippen LogP contribution in [0, 0.1) is 6.92 Å².